The van der Waals surface area contributed by atoms with Crippen LogP contribution in [0.5, 0.6) is 11.5 Å². The van der Waals surface area contributed by atoms with E-state index in [4.69, 9.17) is 9.47 Å². The van der Waals surface area contributed by atoms with E-state index in [1.807, 2.05) is 6.07 Å². The van der Waals surface area contributed by atoms with Crippen molar-refractivity contribution in [2.45, 2.75) is 37.6 Å². The highest BCUT2D eigenvalue weighted by Gasteiger charge is 2.25. The molecule has 1 atom stereocenters. The number of aryl methyl sites for hydroxylation is 1. The summed E-state index contributed by atoms with van der Waals surface area (Å²) < 4.78 is 39.7. The number of carbonyl (C=O) groups is 1. The molecule has 4 rings (SSSR count). The average molecular weight is 416 g/mol. The minimum Gasteiger partial charge on any atom is -0.486 e. The second kappa shape index (κ2) is 7.68. The maximum absolute atomic E-state index is 13.0. The Morgan fingerprint density at radius 1 is 1.10 bits per heavy atom. The summed E-state index contributed by atoms with van der Waals surface area (Å²) in [4.78, 5) is 13.7. The highest BCUT2D eigenvalue weighted by atomic mass is 32.2. The molecule has 1 N–H and O–H groups in total. The number of amides is 1. The van der Waals surface area contributed by atoms with E-state index in [1.165, 1.54) is 6.92 Å². The molecule has 8 heteroatoms. The van der Waals surface area contributed by atoms with E-state index in [0.717, 1.165) is 29.7 Å². The molecular weight excluding hydrogens is 392 g/mol. The minimum absolute atomic E-state index is 0.0353. The Bertz CT molecular complexity index is 1050. The van der Waals surface area contributed by atoms with Crippen molar-refractivity contribution in [3.63, 3.8) is 0 Å². The molecule has 0 fully saturated rings. The van der Waals surface area contributed by atoms with Crippen LogP contribution >= 0.6 is 0 Å². The molecule has 29 heavy (non-hydrogen) atoms. The van der Waals surface area contributed by atoms with Gasteiger partial charge in [-0.1, -0.05) is 6.07 Å². The van der Waals surface area contributed by atoms with Crippen LogP contribution in [0.3, 0.4) is 0 Å². The van der Waals surface area contributed by atoms with Crippen molar-refractivity contribution < 1.29 is 22.7 Å². The minimum atomic E-state index is -3.73. The molecule has 0 aliphatic carbocycles. The Labute approximate surface area is 170 Å². The van der Waals surface area contributed by atoms with Gasteiger partial charge >= 0.3 is 0 Å². The summed E-state index contributed by atoms with van der Waals surface area (Å²) in [5.41, 5.74) is 2.46. The Hall–Kier alpha value is -2.58. The highest BCUT2D eigenvalue weighted by molar-refractivity contribution is 7.89. The molecule has 0 radical (unpaired) electrons. The summed E-state index contributed by atoms with van der Waals surface area (Å²) in [6.45, 7) is 4.96. The van der Waals surface area contributed by atoms with Gasteiger partial charge in [-0.05, 0) is 61.2 Å². The molecule has 0 unspecified atom stereocenters. The molecule has 2 heterocycles. The van der Waals surface area contributed by atoms with Crippen molar-refractivity contribution in [3.05, 3.63) is 47.5 Å². The van der Waals surface area contributed by atoms with E-state index < -0.39 is 16.1 Å². The lowest BCUT2D eigenvalue weighted by atomic mass is 10.0. The maximum atomic E-state index is 13.0. The predicted octanol–water partition coefficient (Wildman–Crippen LogP) is 2.80. The van der Waals surface area contributed by atoms with Crippen LogP contribution in [0.4, 0.5) is 5.69 Å². The number of hydrogen-bond donors (Lipinski definition) is 1. The molecule has 0 saturated carbocycles. The van der Waals surface area contributed by atoms with E-state index in [2.05, 4.69) is 4.72 Å². The van der Waals surface area contributed by atoms with Gasteiger partial charge in [-0.15, -0.1) is 0 Å². The fourth-order valence-electron chi connectivity index (χ4n) is 3.77. The Morgan fingerprint density at radius 2 is 1.86 bits per heavy atom. The fourth-order valence-corrected chi connectivity index (χ4v) is 5.05. The monoisotopic (exact) mass is 416 g/mol. The molecule has 2 aromatic carbocycles. The third-order valence-electron chi connectivity index (χ3n) is 5.26. The number of sulfonamides is 1. The highest BCUT2D eigenvalue weighted by Crippen LogP contribution is 2.33. The largest absolute Gasteiger partial charge is 0.486 e. The lowest BCUT2D eigenvalue weighted by Crippen LogP contribution is -2.34. The lowest BCUT2D eigenvalue weighted by molar-refractivity contribution is -0.116. The first-order valence-corrected chi connectivity index (χ1v) is 11.2. The van der Waals surface area contributed by atoms with Crippen LogP contribution in [-0.4, -0.2) is 34.1 Å². The second-order valence-corrected chi connectivity index (χ2v) is 9.02. The van der Waals surface area contributed by atoms with Crippen molar-refractivity contribution in [2.24, 2.45) is 0 Å². The fraction of sp³-hybridized carbons (Fsp3) is 0.381. The zero-order valence-electron chi connectivity index (χ0n) is 16.5. The molecule has 0 bridgehead atoms. The summed E-state index contributed by atoms with van der Waals surface area (Å²) in [6, 6.07) is 9.93. The van der Waals surface area contributed by atoms with Crippen molar-refractivity contribution >= 4 is 21.6 Å². The number of anilines is 1. The number of fused-ring (bicyclic) bond motifs is 2. The van der Waals surface area contributed by atoms with Crippen molar-refractivity contribution in [2.75, 3.05) is 24.7 Å². The van der Waals surface area contributed by atoms with Gasteiger partial charge < -0.3 is 14.4 Å². The Balaban J connectivity index is 1.56. The molecule has 2 aliphatic rings. The van der Waals surface area contributed by atoms with Gasteiger partial charge in [0.15, 0.2) is 11.5 Å². The topological polar surface area (TPSA) is 84.9 Å². The van der Waals surface area contributed by atoms with Gasteiger partial charge in [0.05, 0.1) is 4.90 Å². The number of rotatable bonds is 4. The van der Waals surface area contributed by atoms with Gasteiger partial charge in [0.25, 0.3) is 0 Å². The second-order valence-electron chi connectivity index (χ2n) is 7.31. The first-order valence-electron chi connectivity index (χ1n) is 9.68. The smallest absolute Gasteiger partial charge is 0.241 e. The van der Waals surface area contributed by atoms with E-state index in [0.29, 0.717) is 31.3 Å². The molecule has 1 amide bonds. The predicted molar refractivity (Wildman–Crippen MR) is 109 cm³/mol. The third kappa shape index (κ3) is 3.95. The Kier molecular flexibility index (Phi) is 5.23. The van der Waals surface area contributed by atoms with E-state index >= 15 is 0 Å². The van der Waals surface area contributed by atoms with Crippen LogP contribution in [0.1, 0.15) is 37.4 Å². The molecular formula is C21H24N2O5S. The van der Waals surface area contributed by atoms with Crippen LogP contribution in [0.2, 0.25) is 0 Å². The van der Waals surface area contributed by atoms with Gasteiger partial charge in [0.2, 0.25) is 15.9 Å². The number of hydrogen-bond acceptors (Lipinski definition) is 5. The first kappa shape index (κ1) is 19.7. The summed E-state index contributed by atoms with van der Waals surface area (Å²) in [7, 11) is -3.73. The number of benzene rings is 2. The van der Waals surface area contributed by atoms with E-state index in [9.17, 15) is 13.2 Å². The molecule has 2 aromatic rings. The number of ether oxygens (including phenoxy) is 2. The average Bonchev–Trinajstić information content (AvgIpc) is 2.72. The third-order valence-corrected chi connectivity index (χ3v) is 6.80. The normalized spacial score (nSPS) is 16.8. The van der Waals surface area contributed by atoms with Crippen molar-refractivity contribution in [3.8, 4) is 11.5 Å². The van der Waals surface area contributed by atoms with Gasteiger partial charge in [0, 0.05) is 25.2 Å². The number of nitrogens with one attached hydrogen (secondary N) is 1. The first-order chi connectivity index (χ1) is 13.8. The maximum Gasteiger partial charge on any atom is 0.241 e. The summed E-state index contributed by atoms with van der Waals surface area (Å²) in [5.74, 6) is 1.25. The van der Waals surface area contributed by atoms with Crippen LogP contribution in [0.25, 0.3) is 0 Å². The van der Waals surface area contributed by atoms with Crippen molar-refractivity contribution in [1.29, 1.82) is 0 Å². The summed E-state index contributed by atoms with van der Waals surface area (Å²) in [6.07, 6.45) is 1.57. The summed E-state index contributed by atoms with van der Waals surface area (Å²) >= 11 is 0. The summed E-state index contributed by atoms with van der Waals surface area (Å²) in [5, 5.41) is 0. The lowest BCUT2D eigenvalue weighted by Gasteiger charge is -2.29. The standard InChI is InChI=1S/C21H24N2O5S/c1-14(16-5-8-20-21(13-16)28-11-10-27-20)22-29(25,26)18-6-7-19-17(12-18)4-3-9-23(19)15(2)24/h5-8,12-14,22H,3-4,9-11H2,1-2H3/t14-/m0/s1. The zero-order chi connectivity index (χ0) is 20.6. The van der Waals surface area contributed by atoms with Gasteiger partial charge in [0.1, 0.15) is 13.2 Å². The Morgan fingerprint density at radius 3 is 2.62 bits per heavy atom. The van der Waals surface area contributed by atoms with Crippen LogP contribution in [-0.2, 0) is 21.2 Å². The molecule has 7 nitrogen and oxygen atoms in total. The van der Waals surface area contributed by atoms with Crippen LogP contribution in [0, 0.1) is 0 Å². The van der Waals surface area contributed by atoms with E-state index in [-0.39, 0.29) is 10.8 Å². The molecule has 0 saturated heterocycles. The molecule has 0 spiro atoms. The SMILES string of the molecule is CC(=O)N1CCCc2cc(S(=O)(=O)N[C@@H](C)c3ccc4c(c3)OCCO4)ccc21. The molecule has 154 valence electrons. The van der Waals surface area contributed by atoms with E-state index in [1.54, 1.807) is 42.2 Å². The molecule has 0 aromatic heterocycles. The quantitative estimate of drug-likeness (QED) is 0.829. The molecule has 2 aliphatic heterocycles. The van der Waals surface area contributed by atoms with Crippen molar-refractivity contribution in [1.82, 2.24) is 4.72 Å². The number of nitrogens with zero attached hydrogens (tertiary/aromatic N) is 1. The van der Waals surface area contributed by atoms with Gasteiger partial charge in [-0.25, -0.2) is 13.1 Å². The zero-order valence-corrected chi connectivity index (χ0v) is 17.3. The van der Waals surface area contributed by atoms with Crippen LogP contribution in [0.15, 0.2) is 41.3 Å². The van der Waals surface area contributed by atoms with Crippen LogP contribution < -0.4 is 19.1 Å². The number of carbonyl (C=O) groups excluding carboxylic acids is 1. The van der Waals surface area contributed by atoms with Gasteiger partial charge in [-0.2, -0.15) is 0 Å². The van der Waals surface area contributed by atoms with Gasteiger partial charge in [-0.3, -0.25) is 4.79 Å².